The molecule has 0 amide bonds. The normalized spacial score (nSPS) is 8.90. The molecule has 0 atom stereocenters. The largest absolute Gasteiger partial charge is 0.497 e. The van der Waals surface area contributed by atoms with Gasteiger partial charge >= 0.3 is 0 Å². The molecule has 0 saturated carbocycles. The Morgan fingerprint density at radius 3 is 1.29 bits per heavy atom. The van der Waals surface area contributed by atoms with Crippen LogP contribution >= 0.6 is 0 Å². The molecule has 0 aromatic heterocycles. The number of hydrogen-bond acceptors (Lipinski definition) is 4. The lowest BCUT2D eigenvalue weighted by Gasteiger charge is -2.09. The number of hydrogen-bond donors (Lipinski definition) is 2. The summed E-state index contributed by atoms with van der Waals surface area (Å²) >= 11 is 0. The second-order valence-electron chi connectivity index (χ2n) is 4.16. The van der Waals surface area contributed by atoms with Crippen molar-refractivity contribution in [3.63, 3.8) is 0 Å². The number of methoxy groups -OCH3 is 2. The van der Waals surface area contributed by atoms with E-state index in [2.05, 4.69) is 30.3 Å². The van der Waals surface area contributed by atoms with Crippen LogP contribution in [-0.2, 0) is 0 Å². The quantitative estimate of drug-likeness (QED) is 0.868. The third-order valence-corrected chi connectivity index (χ3v) is 3.09. The van der Waals surface area contributed by atoms with Crippen LogP contribution in [0.4, 0.5) is 0 Å². The van der Waals surface area contributed by atoms with Crippen molar-refractivity contribution in [3.05, 3.63) is 65.7 Å². The predicted molar refractivity (Wildman–Crippen MR) is 88.8 cm³/mol. The summed E-state index contributed by atoms with van der Waals surface area (Å²) in [6.07, 6.45) is 2.11. The molecule has 0 saturated heterocycles. The number of rotatable bonds is 4. The fraction of sp³-hybridized carbons (Fsp3) is 0.176. The maximum Gasteiger partial charge on any atom is 0.118 e. The Hall–Kier alpha value is -2.30. The average molecular weight is 288 g/mol. The van der Waals surface area contributed by atoms with Crippen LogP contribution in [0.25, 0.3) is 5.57 Å². The first-order chi connectivity index (χ1) is 9.28. The smallest absolute Gasteiger partial charge is 0.118 e. The van der Waals surface area contributed by atoms with Gasteiger partial charge < -0.3 is 21.8 Å². The van der Waals surface area contributed by atoms with Gasteiger partial charge in [0.05, 0.1) is 14.2 Å². The third kappa shape index (κ3) is 4.34. The first kappa shape index (κ1) is 18.7. The maximum atomic E-state index is 5.18. The van der Waals surface area contributed by atoms with Crippen molar-refractivity contribution in [2.24, 2.45) is 0 Å². The molecule has 0 fully saturated rings. The zero-order valence-electron chi connectivity index (χ0n) is 12.9. The lowest BCUT2D eigenvalue weighted by atomic mass is 9.98. The molecule has 0 radical (unpaired) electrons. The molecule has 0 spiro atoms. The highest BCUT2D eigenvalue weighted by Gasteiger charge is 2.04. The van der Waals surface area contributed by atoms with Gasteiger partial charge in [-0.25, -0.2) is 0 Å². The summed E-state index contributed by atoms with van der Waals surface area (Å²) in [4.78, 5) is 0. The average Bonchev–Trinajstić information content (AvgIpc) is 2.49. The van der Waals surface area contributed by atoms with Gasteiger partial charge in [0, 0.05) is 0 Å². The van der Waals surface area contributed by atoms with E-state index in [1.54, 1.807) is 14.2 Å². The molecule has 2 rings (SSSR count). The van der Waals surface area contributed by atoms with E-state index in [1.807, 2.05) is 31.2 Å². The molecule has 6 N–H and O–H groups in total. The Balaban J connectivity index is 0.00000200. The van der Waals surface area contributed by atoms with Crippen LogP contribution in [0.15, 0.2) is 54.6 Å². The van der Waals surface area contributed by atoms with E-state index >= 15 is 0 Å². The molecule has 4 nitrogen and oxygen atoms in total. The summed E-state index contributed by atoms with van der Waals surface area (Å²) < 4.78 is 10.4. The summed E-state index contributed by atoms with van der Waals surface area (Å²) in [6, 6.07) is 16.2. The lowest BCUT2D eigenvalue weighted by molar-refractivity contribution is 0.414. The van der Waals surface area contributed by atoms with Crippen LogP contribution in [0.3, 0.4) is 0 Å². The van der Waals surface area contributed by atoms with Crippen LogP contribution in [0.1, 0.15) is 18.1 Å². The van der Waals surface area contributed by atoms with Gasteiger partial charge in [-0.1, -0.05) is 30.3 Å². The molecule has 114 valence electrons. The lowest BCUT2D eigenvalue weighted by Crippen LogP contribution is -1.89. The van der Waals surface area contributed by atoms with Crippen molar-refractivity contribution in [2.75, 3.05) is 14.2 Å². The van der Waals surface area contributed by atoms with Gasteiger partial charge in [0.15, 0.2) is 0 Å². The summed E-state index contributed by atoms with van der Waals surface area (Å²) in [5.41, 5.74) is 3.55. The summed E-state index contributed by atoms with van der Waals surface area (Å²) in [5, 5.41) is 0. The highest BCUT2D eigenvalue weighted by atomic mass is 16.5. The molecule has 0 heterocycles. The topological polar surface area (TPSA) is 88.5 Å². The summed E-state index contributed by atoms with van der Waals surface area (Å²) in [7, 11) is 3.35. The first-order valence-corrected chi connectivity index (χ1v) is 6.23. The van der Waals surface area contributed by atoms with Crippen molar-refractivity contribution >= 4 is 5.57 Å². The Morgan fingerprint density at radius 1 is 0.714 bits per heavy atom. The molecule has 4 heteroatoms. The number of allylic oxidation sites excluding steroid dienone is 1. The SMILES string of the molecule is CC=C(c1ccc(OC)cc1)c1ccc(OC)cc1.N.N. The van der Waals surface area contributed by atoms with Gasteiger partial charge in [0.1, 0.15) is 11.5 Å². The Labute approximate surface area is 126 Å². The van der Waals surface area contributed by atoms with Crippen molar-refractivity contribution in [3.8, 4) is 11.5 Å². The van der Waals surface area contributed by atoms with Crippen LogP contribution in [0.2, 0.25) is 0 Å². The van der Waals surface area contributed by atoms with Crippen molar-refractivity contribution in [1.29, 1.82) is 0 Å². The second kappa shape index (κ2) is 8.79. The monoisotopic (exact) mass is 288 g/mol. The van der Waals surface area contributed by atoms with Gasteiger partial charge in [-0.2, -0.15) is 0 Å². The fourth-order valence-electron chi connectivity index (χ4n) is 2.04. The van der Waals surface area contributed by atoms with Crippen LogP contribution in [-0.4, -0.2) is 14.2 Å². The molecule has 0 unspecified atom stereocenters. The zero-order chi connectivity index (χ0) is 13.7. The molecular formula is C17H24N2O2. The fourth-order valence-corrected chi connectivity index (χ4v) is 2.04. The molecule has 0 bridgehead atoms. The van der Waals surface area contributed by atoms with Crippen LogP contribution in [0.5, 0.6) is 11.5 Å². The molecule has 0 aliphatic rings. The second-order valence-corrected chi connectivity index (χ2v) is 4.16. The number of benzene rings is 2. The minimum absolute atomic E-state index is 0. The predicted octanol–water partition coefficient (Wildman–Crippen LogP) is 4.48. The van der Waals surface area contributed by atoms with E-state index in [0.717, 1.165) is 11.5 Å². The Morgan fingerprint density at radius 2 is 1.05 bits per heavy atom. The van der Waals surface area contributed by atoms with E-state index in [9.17, 15) is 0 Å². The van der Waals surface area contributed by atoms with Crippen molar-refractivity contribution < 1.29 is 9.47 Å². The van der Waals surface area contributed by atoms with Gasteiger partial charge in [-0.15, -0.1) is 0 Å². The van der Waals surface area contributed by atoms with E-state index in [1.165, 1.54) is 16.7 Å². The molecule has 0 aliphatic carbocycles. The van der Waals surface area contributed by atoms with E-state index in [0.29, 0.717) is 0 Å². The van der Waals surface area contributed by atoms with Gasteiger partial charge in [-0.05, 0) is 47.9 Å². The highest BCUT2D eigenvalue weighted by molar-refractivity contribution is 5.79. The summed E-state index contributed by atoms with van der Waals surface area (Å²) in [6.45, 7) is 2.05. The maximum absolute atomic E-state index is 5.18. The molecule has 2 aromatic carbocycles. The van der Waals surface area contributed by atoms with Gasteiger partial charge in [-0.3, -0.25) is 0 Å². The standard InChI is InChI=1S/C17H18O2.2H3N/c1-4-17(13-5-9-15(18-2)10-6-13)14-7-11-16(19-3)12-8-14;;/h4-12H,1-3H3;2*1H3. The van der Waals surface area contributed by atoms with Gasteiger partial charge in [0.25, 0.3) is 0 Å². The zero-order valence-corrected chi connectivity index (χ0v) is 12.9. The van der Waals surface area contributed by atoms with Gasteiger partial charge in [0.2, 0.25) is 0 Å². The Kier molecular flexibility index (Phi) is 7.83. The highest BCUT2D eigenvalue weighted by Crippen LogP contribution is 2.26. The van der Waals surface area contributed by atoms with Crippen molar-refractivity contribution in [2.45, 2.75) is 6.92 Å². The summed E-state index contributed by atoms with van der Waals surface area (Å²) in [5.74, 6) is 1.74. The minimum atomic E-state index is 0. The molecule has 2 aromatic rings. The molecule has 21 heavy (non-hydrogen) atoms. The number of ether oxygens (including phenoxy) is 2. The third-order valence-electron chi connectivity index (χ3n) is 3.09. The van der Waals surface area contributed by atoms with E-state index < -0.39 is 0 Å². The first-order valence-electron chi connectivity index (χ1n) is 6.23. The van der Waals surface area contributed by atoms with Crippen molar-refractivity contribution in [1.82, 2.24) is 12.3 Å². The van der Waals surface area contributed by atoms with Crippen LogP contribution < -0.4 is 21.8 Å². The van der Waals surface area contributed by atoms with E-state index in [4.69, 9.17) is 9.47 Å². The Bertz CT molecular complexity index is 511. The molecule has 0 aliphatic heterocycles. The van der Waals surface area contributed by atoms with Crippen LogP contribution in [0, 0.1) is 0 Å². The molecular weight excluding hydrogens is 264 g/mol. The van der Waals surface area contributed by atoms with E-state index in [-0.39, 0.29) is 12.3 Å². The minimum Gasteiger partial charge on any atom is -0.497 e.